The van der Waals surface area contributed by atoms with Crippen molar-refractivity contribution < 1.29 is 0 Å². The standard InChI is InChI=1S/C6H12BrIN2/c7-5-1-3-6(8,10-9)4-2-5/h5,10H,1-4,9H2. The Hall–Kier alpha value is 1.13. The molecule has 0 aliphatic heterocycles. The molecule has 0 atom stereocenters. The van der Waals surface area contributed by atoms with Crippen LogP contribution in [-0.2, 0) is 0 Å². The van der Waals surface area contributed by atoms with Crippen LogP contribution in [-0.4, -0.2) is 8.37 Å². The van der Waals surface area contributed by atoms with E-state index in [1.165, 1.54) is 25.7 Å². The molecule has 1 aliphatic rings. The fourth-order valence-electron chi connectivity index (χ4n) is 1.18. The predicted molar refractivity (Wildman–Crippen MR) is 55.3 cm³/mol. The van der Waals surface area contributed by atoms with Crippen LogP contribution in [0.2, 0.25) is 0 Å². The molecule has 2 nitrogen and oxygen atoms in total. The number of nitrogens with two attached hydrogens (primary N) is 1. The van der Waals surface area contributed by atoms with E-state index in [2.05, 4.69) is 43.9 Å². The van der Waals surface area contributed by atoms with Crippen molar-refractivity contribution in [3.8, 4) is 0 Å². The van der Waals surface area contributed by atoms with Gasteiger partial charge in [0.15, 0.2) is 0 Å². The van der Waals surface area contributed by atoms with E-state index in [4.69, 9.17) is 5.84 Å². The van der Waals surface area contributed by atoms with Crippen LogP contribution in [0.3, 0.4) is 0 Å². The molecule has 0 aromatic heterocycles. The maximum Gasteiger partial charge on any atom is 0.0832 e. The lowest BCUT2D eigenvalue weighted by atomic mass is 9.96. The van der Waals surface area contributed by atoms with Crippen molar-refractivity contribution in [2.75, 3.05) is 0 Å². The lowest BCUT2D eigenvalue weighted by Crippen LogP contribution is -2.46. The van der Waals surface area contributed by atoms with Crippen molar-refractivity contribution in [1.82, 2.24) is 5.43 Å². The molecule has 1 aliphatic carbocycles. The molecule has 0 heterocycles. The Morgan fingerprint density at radius 1 is 1.50 bits per heavy atom. The first-order valence-corrected chi connectivity index (χ1v) is 5.46. The third kappa shape index (κ3) is 2.32. The Balaban J connectivity index is 2.38. The largest absolute Gasteiger partial charge is 0.270 e. The number of hydrogen-bond acceptors (Lipinski definition) is 2. The molecule has 0 radical (unpaired) electrons. The average molecular weight is 319 g/mol. The molecule has 1 saturated carbocycles. The molecule has 0 unspecified atom stereocenters. The topological polar surface area (TPSA) is 38.0 Å². The third-order valence-corrected chi connectivity index (χ3v) is 4.27. The molecule has 60 valence electrons. The molecule has 0 aromatic rings. The number of halogens is 2. The van der Waals surface area contributed by atoms with Gasteiger partial charge in [-0.2, -0.15) is 0 Å². The van der Waals surface area contributed by atoms with Gasteiger partial charge in [-0.05, 0) is 25.7 Å². The third-order valence-electron chi connectivity index (χ3n) is 1.97. The first-order valence-electron chi connectivity index (χ1n) is 3.47. The summed E-state index contributed by atoms with van der Waals surface area (Å²) < 4.78 is 0.169. The highest BCUT2D eigenvalue weighted by Gasteiger charge is 2.30. The summed E-state index contributed by atoms with van der Waals surface area (Å²) in [6, 6.07) is 0. The summed E-state index contributed by atoms with van der Waals surface area (Å²) >= 11 is 6.00. The van der Waals surface area contributed by atoms with Gasteiger partial charge in [0.1, 0.15) is 0 Å². The molecule has 0 spiro atoms. The zero-order chi connectivity index (χ0) is 7.61. The minimum atomic E-state index is 0.169. The molecule has 0 saturated heterocycles. The van der Waals surface area contributed by atoms with Crippen molar-refractivity contribution in [1.29, 1.82) is 0 Å². The maximum atomic E-state index is 5.41. The van der Waals surface area contributed by atoms with Gasteiger partial charge < -0.3 is 0 Å². The second kappa shape index (κ2) is 3.69. The highest BCUT2D eigenvalue weighted by atomic mass is 127. The van der Waals surface area contributed by atoms with Crippen LogP contribution in [0.15, 0.2) is 0 Å². The summed E-state index contributed by atoms with van der Waals surface area (Å²) in [5.41, 5.74) is 2.87. The second-order valence-corrected chi connectivity index (χ2v) is 6.14. The summed E-state index contributed by atoms with van der Waals surface area (Å²) in [4.78, 5) is 0.712. The van der Waals surface area contributed by atoms with E-state index in [1.54, 1.807) is 0 Å². The zero-order valence-electron chi connectivity index (χ0n) is 5.74. The van der Waals surface area contributed by atoms with Crippen LogP contribution in [0.1, 0.15) is 25.7 Å². The highest BCUT2D eigenvalue weighted by Crippen LogP contribution is 2.35. The molecular weight excluding hydrogens is 307 g/mol. The summed E-state index contributed by atoms with van der Waals surface area (Å²) in [6.07, 6.45) is 4.79. The fourth-order valence-corrected chi connectivity index (χ4v) is 2.27. The van der Waals surface area contributed by atoms with Crippen molar-refractivity contribution in [2.24, 2.45) is 5.84 Å². The number of hydrogen-bond donors (Lipinski definition) is 2. The van der Waals surface area contributed by atoms with Crippen LogP contribution in [0.4, 0.5) is 0 Å². The number of nitrogens with one attached hydrogen (secondary N) is 1. The van der Waals surface area contributed by atoms with Gasteiger partial charge >= 0.3 is 0 Å². The first-order chi connectivity index (χ1) is 4.66. The minimum Gasteiger partial charge on any atom is -0.270 e. The van der Waals surface area contributed by atoms with Crippen molar-refractivity contribution in [3.63, 3.8) is 0 Å². The molecule has 10 heavy (non-hydrogen) atoms. The maximum absolute atomic E-state index is 5.41. The second-order valence-electron chi connectivity index (χ2n) is 2.78. The Labute approximate surface area is 83.5 Å². The van der Waals surface area contributed by atoms with Crippen LogP contribution in [0.5, 0.6) is 0 Å². The average Bonchev–Trinajstić information content (AvgIpc) is 1.96. The molecular formula is C6H12BrIN2. The van der Waals surface area contributed by atoms with Crippen LogP contribution >= 0.6 is 38.5 Å². The van der Waals surface area contributed by atoms with Gasteiger partial charge in [0.2, 0.25) is 0 Å². The van der Waals surface area contributed by atoms with E-state index in [1.807, 2.05) is 0 Å². The smallest absolute Gasteiger partial charge is 0.0832 e. The van der Waals surface area contributed by atoms with Crippen molar-refractivity contribution >= 4 is 38.5 Å². The number of rotatable bonds is 1. The molecule has 0 amide bonds. The molecule has 1 rings (SSSR count). The van der Waals surface area contributed by atoms with Crippen molar-refractivity contribution in [3.05, 3.63) is 0 Å². The molecule has 4 heteroatoms. The quantitative estimate of drug-likeness (QED) is 0.255. The van der Waals surface area contributed by atoms with Gasteiger partial charge in [-0.1, -0.05) is 38.5 Å². The molecule has 1 fully saturated rings. The van der Waals surface area contributed by atoms with E-state index in [0.29, 0.717) is 4.83 Å². The predicted octanol–water partition coefficient (Wildman–Crippen LogP) is 1.92. The fraction of sp³-hybridized carbons (Fsp3) is 1.00. The summed E-state index contributed by atoms with van der Waals surface area (Å²) in [5, 5.41) is 0. The van der Waals surface area contributed by atoms with Crippen LogP contribution < -0.4 is 11.3 Å². The van der Waals surface area contributed by atoms with Gasteiger partial charge in [0.25, 0.3) is 0 Å². The van der Waals surface area contributed by atoms with E-state index in [-0.39, 0.29) is 3.55 Å². The number of hydrazine groups is 1. The summed E-state index contributed by atoms with van der Waals surface area (Å²) in [6.45, 7) is 0. The molecule has 3 N–H and O–H groups in total. The van der Waals surface area contributed by atoms with Gasteiger partial charge in [-0.15, -0.1) is 0 Å². The van der Waals surface area contributed by atoms with Crippen LogP contribution in [0, 0.1) is 0 Å². The molecule has 0 bridgehead atoms. The zero-order valence-corrected chi connectivity index (χ0v) is 9.48. The van der Waals surface area contributed by atoms with Gasteiger partial charge in [0.05, 0.1) is 3.55 Å². The summed E-state index contributed by atoms with van der Waals surface area (Å²) in [5.74, 6) is 5.41. The first kappa shape index (κ1) is 9.22. The lowest BCUT2D eigenvalue weighted by Gasteiger charge is -2.32. The Morgan fingerprint density at radius 2 is 2.00 bits per heavy atom. The minimum absolute atomic E-state index is 0.169. The SMILES string of the molecule is NNC1(I)CCC(Br)CC1. The normalized spacial score (nSPS) is 41.7. The van der Waals surface area contributed by atoms with Gasteiger partial charge in [-0.25, -0.2) is 5.43 Å². The van der Waals surface area contributed by atoms with E-state index >= 15 is 0 Å². The Morgan fingerprint density at radius 3 is 2.40 bits per heavy atom. The molecule has 0 aromatic carbocycles. The van der Waals surface area contributed by atoms with E-state index in [0.717, 1.165) is 0 Å². The van der Waals surface area contributed by atoms with E-state index < -0.39 is 0 Å². The lowest BCUT2D eigenvalue weighted by molar-refractivity contribution is 0.370. The van der Waals surface area contributed by atoms with Crippen LogP contribution in [0.25, 0.3) is 0 Å². The monoisotopic (exact) mass is 318 g/mol. The van der Waals surface area contributed by atoms with Gasteiger partial charge in [0, 0.05) is 4.83 Å². The highest BCUT2D eigenvalue weighted by molar-refractivity contribution is 14.1. The van der Waals surface area contributed by atoms with Gasteiger partial charge in [-0.3, -0.25) is 5.84 Å². The summed E-state index contributed by atoms with van der Waals surface area (Å²) in [7, 11) is 0. The van der Waals surface area contributed by atoms with Crippen molar-refractivity contribution in [2.45, 2.75) is 34.1 Å². The number of alkyl halides is 2. The Bertz CT molecular complexity index is 112. The van der Waals surface area contributed by atoms with E-state index in [9.17, 15) is 0 Å². The Kier molecular flexibility index (Phi) is 3.40.